The molecule has 0 amide bonds. The first kappa shape index (κ1) is 29.7. The number of carbonyl (C=O) groups is 1. The molecule has 204 valence electrons. The van der Waals surface area contributed by atoms with Crippen LogP contribution in [0.25, 0.3) is 0 Å². The van der Waals surface area contributed by atoms with Crippen LogP contribution in [0.5, 0.6) is 0 Å². The first-order valence-corrected chi connectivity index (χ1v) is 14.3. The van der Waals surface area contributed by atoms with Crippen molar-refractivity contribution in [3.05, 3.63) is 71.8 Å². The minimum Gasteiger partial charge on any atom is -0.460 e. The molecule has 1 fully saturated rings. The molecule has 0 bridgehead atoms. The lowest BCUT2D eigenvalue weighted by Gasteiger charge is -2.40. The topological polar surface area (TPSA) is 108 Å². The molecule has 6 nitrogen and oxygen atoms in total. The monoisotopic (exact) mass is 528 g/mol. The van der Waals surface area contributed by atoms with Gasteiger partial charge in [0.15, 0.2) is 0 Å². The van der Waals surface area contributed by atoms with Crippen LogP contribution in [0.3, 0.4) is 0 Å². The maximum absolute atomic E-state index is 13.3. The molecule has 2 aromatic carbocycles. The van der Waals surface area contributed by atoms with Crippen molar-refractivity contribution in [3.8, 4) is 0 Å². The fraction of sp³-hybridized carbons (Fsp3) is 0.567. The Labute approximate surface area is 226 Å². The molecular formula is C30H44N2O4S. The van der Waals surface area contributed by atoms with E-state index in [1.165, 1.54) is 0 Å². The summed E-state index contributed by atoms with van der Waals surface area (Å²) in [5.41, 5.74) is 13.1. The van der Waals surface area contributed by atoms with Crippen molar-refractivity contribution in [2.45, 2.75) is 88.7 Å². The molecule has 2 aromatic rings. The van der Waals surface area contributed by atoms with Crippen LogP contribution in [0.2, 0.25) is 0 Å². The van der Waals surface area contributed by atoms with E-state index in [0.717, 1.165) is 17.7 Å². The lowest BCUT2D eigenvalue weighted by Crippen LogP contribution is -2.62. The van der Waals surface area contributed by atoms with Crippen molar-refractivity contribution in [1.29, 1.82) is 0 Å². The van der Waals surface area contributed by atoms with Gasteiger partial charge in [-0.1, -0.05) is 74.5 Å². The van der Waals surface area contributed by atoms with Crippen molar-refractivity contribution in [1.82, 2.24) is 0 Å². The molecule has 1 aliphatic heterocycles. The Hall–Kier alpha value is -1.90. The summed E-state index contributed by atoms with van der Waals surface area (Å²) in [5.74, 6) is 0.445. The highest BCUT2D eigenvalue weighted by molar-refractivity contribution is 8.00. The number of carbonyl (C=O) groups excluding carboxylic acids is 1. The second-order valence-corrected chi connectivity index (χ2v) is 12.8. The minimum atomic E-state index is -1.46. The normalized spacial score (nSPS) is 21.0. The summed E-state index contributed by atoms with van der Waals surface area (Å²) < 4.78 is 12.4. The van der Waals surface area contributed by atoms with E-state index in [9.17, 15) is 9.90 Å². The Balaban J connectivity index is 1.91. The van der Waals surface area contributed by atoms with E-state index in [-0.39, 0.29) is 23.7 Å². The second-order valence-electron chi connectivity index (χ2n) is 11.5. The predicted octanol–water partition coefficient (Wildman–Crippen LogP) is 4.62. The smallest absolute Gasteiger partial charge is 0.309 e. The number of aliphatic hydroxyl groups is 1. The average molecular weight is 529 g/mol. The van der Waals surface area contributed by atoms with E-state index >= 15 is 0 Å². The van der Waals surface area contributed by atoms with E-state index in [2.05, 4.69) is 13.8 Å². The van der Waals surface area contributed by atoms with Gasteiger partial charge in [-0.25, -0.2) is 0 Å². The maximum Gasteiger partial charge on any atom is 0.309 e. The van der Waals surface area contributed by atoms with E-state index < -0.39 is 29.4 Å². The summed E-state index contributed by atoms with van der Waals surface area (Å²) in [6.07, 6.45) is -0.685. The van der Waals surface area contributed by atoms with Gasteiger partial charge in [0.05, 0.1) is 18.1 Å². The molecule has 5 N–H and O–H groups in total. The number of nitrogens with two attached hydrogens (primary N) is 2. The van der Waals surface area contributed by atoms with Crippen LogP contribution in [0.4, 0.5) is 0 Å². The molecule has 37 heavy (non-hydrogen) atoms. The van der Waals surface area contributed by atoms with Gasteiger partial charge in [-0.2, -0.15) is 11.8 Å². The summed E-state index contributed by atoms with van der Waals surface area (Å²) in [4.78, 5) is 13.3. The van der Waals surface area contributed by atoms with Crippen LogP contribution in [0.1, 0.15) is 58.6 Å². The number of thioether (sulfide) groups is 1. The lowest BCUT2D eigenvalue weighted by atomic mass is 9.85. The highest BCUT2D eigenvalue weighted by Gasteiger charge is 2.44. The number of hydrogen-bond acceptors (Lipinski definition) is 7. The molecule has 0 radical (unpaired) electrons. The summed E-state index contributed by atoms with van der Waals surface area (Å²) in [5, 5.41) is 12.0. The van der Waals surface area contributed by atoms with Crippen molar-refractivity contribution in [3.63, 3.8) is 0 Å². The quantitative estimate of drug-likeness (QED) is 0.288. The molecule has 7 heteroatoms. The Morgan fingerprint density at radius 1 is 1.05 bits per heavy atom. The van der Waals surface area contributed by atoms with Crippen LogP contribution < -0.4 is 11.5 Å². The Bertz CT molecular complexity index is 978. The molecule has 0 saturated carbocycles. The third-order valence-electron chi connectivity index (χ3n) is 6.74. The Morgan fingerprint density at radius 3 is 2.22 bits per heavy atom. The van der Waals surface area contributed by atoms with Gasteiger partial charge in [0, 0.05) is 5.25 Å². The zero-order valence-corrected chi connectivity index (χ0v) is 23.6. The molecule has 0 aromatic heterocycles. The highest BCUT2D eigenvalue weighted by Crippen LogP contribution is 2.37. The summed E-state index contributed by atoms with van der Waals surface area (Å²) >= 11 is 1.88. The first-order chi connectivity index (χ1) is 17.4. The second kappa shape index (κ2) is 12.8. The zero-order chi connectivity index (χ0) is 27.2. The largest absolute Gasteiger partial charge is 0.460 e. The fourth-order valence-electron chi connectivity index (χ4n) is 4.92. The van der Waals surface area contributed by atoms with E-state index in [1.54, 1.807) is 0 Å². The molecule has 1 saturated heterocycles. The van der Waals surface area contributed by atoms with E-state index in [4.69, 9.17) is 20.9 Å². The molecule has 0 aliphatic carbocycles. The highest BCUT2D eigenvalue weighted by atomic mass is 32.2. The molecular weight excluding hydrogens is 484 g/mol. The Morgan fingerprint density at radius 2 is 1.65 bits per heavy atom. The summed E-state index contributed by atoms with van der Waals surface area (Å²) in [6.45, 7) is 9.89. The minimum absolute atomic E-state index is 0.0889. The first-order valence-electron chi connectivity index (χ1n) is 13.2. The molecule has 3 rings (SSSR count). The third kappa shape index (κ3) is 8.29. The molecule has 0 unspecified atom stereocenters. The standard InChI is InChI=1S/C30H44N2O4S/c1-20(2)26-25(16-17-37-26)35-27(30(31,32)23-14-10-7-11-15-23)24(33)19-22(28(34)36-29(3,4)5)18-21-12-8-6-9-13-21/h6-15,20,22,24-27,33H,16-19,31-32H2,1-5H3/t22-,24-,25-,26-,27+/m0/s1. The van der Waals surface area contributed by atoms with Gasteiger partial charge >= 0.3 is 5.97 Å². The van der Waals surface area contributed by atoms with E-state index in [1.807, 2.05) is 93.2 Å². The summed E-state index contributed by atoms with van der Waals surface area (Å²) in [7, 11) is 0. The molecule has 5 atom stereocenters. The Kier molecular flexibility index (Phi) is 10.2. The number of benzene rings is 2. The van der Waals surface area contributed by atoms with Gasteiger partial charge in [-0.15, -0.1) is 0 Å². The van der Waals surface area contributed by atoms with Crippen LogP contribution in [-0.4, -0.2) is 46.0 Å². The lowest BCUT2D eigenvalue weighted by molar-refractivity contribution is -0.164. The van der Waals surface area contributed by atoms with Crippen molar-refractivity contribution in [2.75, 3.05) is 5.75 Å². The van der Waals surface area contributed by atoms with Gasteiger partial charge < -0.3 is 26.0 Å². The molecule has 0 spiro atoms. The van der Waals surface area contributed by atoms with Crippen LogP contribution >= 0.6 is 11.8 Å². The van der Waals surface area contributed by atoms with Gasteiger partial charge in [-0.05, 0) is 62.8 Å². The number of aliphatic hydroxyl groups excluding tert-OH is 1. The SMILES string of the molecule is CC(C)[C@@H]1SCC[C@@H]1O[C@H]([C@@H](O)C[C@H](Cc1ccccc1)C(=O)OC(C)(C)C)C(N)(N)c1ccccc1. The van der Waals surface area contributed by atoms with Gasteiger partial charge in [0.25, 0.3) is 0 Å². The van der Waals surface area contributed by atoms with Crippen LogP contribution in [0.15, 0.2) is 60.7 Å². The van der Waals surface area contributed by atoms with Crippen molar-refractivity contribution in [2.24, 2.45) is 23.3 Å². The predicted molar refractivity (Wildman–Crippen MR) is 151 cm³/mol. The number of hydrogen-bond donors (Lipinski definition) is 3. The number of rotatable bonds is 11. The summed E-state index contributed by atoms with van der Waals surface area (Å²) in [6, 6.07) is 19.1. The van der Waals surface area contributed by atoms with Gasteiger partial charge in [0.1, 0.15) is 17.4 Å². The molecule has 1 heterocycles. The number of ether oxygens (including phenoxy) is 2. The third-order valence-corrected chi connectivity index (χ3v) is 8.45. The van der Waals surface area contributed by atoms with Gasteiger partial charge in [0.2, 0.25) is 0 Å². The maximum atomic E-state index is 13.3. The van der Waals surface area contributed by atoms with E-state index in [0.29, 0.717) is 17.9 Å². The fourth-order valence-corrected chi connectivity index (χ4v) is 6.36. The van der Waals surface area contributed by atoms with Crippen molar-refractivity contribution >= 4 is 17.7 Å². The average Bonchev–Trinajstić information content (AvgIpc) is 3.31. The zero-order valence-electron chi connectivity index (χ0n) is 22.8. The molecule has 1 aliphatic rings. The van der Waals surface area contributed by atoms with Gasteiger partial charge in [-0.3, -0.25) is 4.79 Å². The number of esters is 1. The van der Waals surface area contributed by atoms with Crippen LogP contribution in [-0.2, 0) is 26.4 Å². The van der Waals surface area contributed by atoms with Crippen LogP contribution in [0, 0.1) is 11.8 Å². The van der Waals surface area contributed by atoms with Crippen molar-refractivity contribution < 1.29 is 19.4 Å².